The van der Waals surface area contributed by atoms with Crippen molar-refractivity contribution in [2.24, 2.45) is 0 Å². The first-order chi connectivity index (χ1) is 11.9. The Labute approximate surface area is 149 Å². The molecule has 0 fully saturated rings. The second-order valence-corrected chi connectivity index (χ2v) is 9.21. The van der Waals surface area contributed by atoms with E-state index in [4.69, 9.17) is 4.74 Å². The molecule has 10 heteroatoms. The molecule has 0 amide bonds. The number of aromatic nitrogens is 2. The molecular formula is C15H14AsN3O5S. The molecule has 130 valence electrons. The monoisotopic (exact) mass is 423 g/mol. The number of anilines is 2. The van der Waals surface area contributed by atoms with Gasteiger partial charge in [-0.1, -0.05) is 0 Å². The van der Waals surface area contributed by atoms with Crippen LogP contribution in [0, 0.1) is 0 Å². The van der Waals surface area contributed by atoms with Gasteiger partial charge in [0, 0.05) is 0 Å². The molecule has 0 saturated heterocycles. The Morgan fingerprint density at radius 3 is 2.64 bits per heavy atom. The quantitative estimate of drug-likeness (QED) is 0.413. The Morgan fingerprint density at radius 1 is 1.28 bits per heavy atom. The molecule has 3 aromatic rings. The molecule has 1 aromatic carbocycles. The van der Waals surface area contributed by atoms with Crippen molar-refractivity contribution in [2.45, 2.75) is 6.92 Å². The van der Waals surface area contributed by atoms with Crippen molar-refractivity contribution >= 4 is 57.6 Å². The minimum absolute atomic E-state index is 0.0146. The fourth-order valence-electron chi connectivity index (χ4n) is 2.20. The van der Waals surface area contributed by atoms with Crippen molar-refractivity contribution in [3.63, 3.8) is 0 Å². The van der Waals surface area contributed by atoms with Crippen LogP contribution in [-0.2, 0) is 8.48 Å². The number of ether oxygens (including phenoxy) is 1. The fraction of sp³-hybridized carbons (Fsp3) is 0.133. The Kier molecular flexibility index (Phi) is 4.91. The normalized spacial score (nSPS) is 11.5. The molecule has 0 spiro atoms. The summed E-state index contributed by atoms with van der Waals surface area (Å²) in [5.74, 6) is -0.0327. The van der Waals surface area contributed by atoms with E-state index in [-0.39, 0.29) is 11.0 Å². The molecule has 0 unspecified atom stereocenters. The zero-order valence-corrected chi connectivity index (χ0v) is 15.7. The third kappa shape index (κ3) is 3.74. The number of nitrogens with zero attached hydrogens (tertiary/aromatic N) is 2. The maximum atomic E-state index is 12.1. The molecule has 0 aliphatic heterocycles. The molecule has 0 atom stereocenters. The standard InChI is InChI=1S/C15H14AsN3O5S/c1-2-24-15(20)11-7-25-14-12(11)13(17-8-18-14)19-10-5-3-9(4-6-10)16(21,22)23/h3-8H,2H2,1H3,(H,17,18,19)(H2,21,22,23). The van der Waals surface area contributed by atoms with Gasteiger partial charge in [-0.15, -0.1) is 0 Å². The second-order valence-electron chi connectivity index (χ2n) is 4.99. The Hall–Kier alpha value is -2.19. The molecule has 2 heterocycles. The number of fused-ring (bicyclic) bond motifs is 1. The predicted molar refractivity (Wildman–Crippen MR) is 93.6 cm³/mol. The number of thiophene rings is 1. The molecule has 0 aliphatic rings. The van der Waals surface area contributed by atoms with E-state index in [1.165, 1.54) is 29.8 Å². The summed E-state index contributed by atoms with van der Waals surface area (Å²) >= 11 is -3.61. The summed E-state index contributed by atoms with van der Waals surface area (Å²) in [6, 6.07) is 5.81. The zero-order chi connectivity index (χ0) is 18.0. The van der Waals surface area contributed by atoms with Gasteiger partial charge in [-0.2, -0.15) is 0 Å². The van der Waals surface area contributed by atoms with E-state index in [0.29, 0.717) is 27.3 Å². The van der Waals surface area contributed by atoms with Crippen LogP contribution < -0.4 is 9.67 Å². The van der Waals surface area contributed by atoms with Crippen molar-refractivity contribution in [1.29, 1.82) is 0 Å². The molecule has 0 aliphatic carbocycles. The SMILES string of the molecule is CCOC(=O)c1csc2ncnc(Nc3ccc([As](=O)(O)O)cc3)c12. The third-order valence-electron chi connectivity index (χ3n) is 3.33. The molecule has 0 saturated carbocycles. The van der Waals surface area contributed by atoms with E-state index in [1.54, 1.807) is 24.4 Å². The number of nitrogens with one attached hydrogen (secondary N) is 1. The van der Waals surface area contributed by atoms with Gasteiger partial charge in [0.25, 0.3) is 0 Å². The molecule has 0 radical (unpaired) electrons. The van der Waals surface area contributed by atoms with Gasteiger partial charge in [-0.3, -0.25) is 0 Å². The average molecular weight is 423 g/mol. The summed E-state index contributed by atoms with van der Waals surface area (Å²) in [5.41, 5.74) is 0.953. The van der Waals surface area contributed by atoms with Crippen molar-refractivity contribution in [2.75, 3.05) is 11.9 Å². The zero-order valence-electron chi connectivity index (χ0n) is 13.0. The summed E-state index contributed by atoms with van der Waals surface area (Å²) < 4.78 is 34.7. The Morgan fingerprint density at radius 2 is 2.00 bits per heavy atom. The average Bonchev–Trinajstić information content (AvgIpc) is 3.00. The summed E-state index contributed by atoms with van der Waals surface area (Å²) in [7, 11) is 0. The van der Waals surface area contributed by atoms with Crippen LogP contribution in [0.5, 0.6) is 0 Å². The predicted octanol–water partition coefficient (Wildman–Crippen LogP) is 1.17. The van der Waals surface area contributed by atoms with Crippen LogP contribution in [0.15, 0.2) is 36.0 Å². The van der Waals surface area contributed by atoms with E-state index in [1.807, 2.05) is 0 Å². The first-order valence-electron chi connectivity index (χ1n) is 7.22. The number of esters is 1. The van der Waals surface area contributed by atoms with Gasteiger partial charge >= 0.3 is 149 Å². The summed E-state index contributed by atoms with van der Waals surface area (Å²) in [4.78, 5) is 21.1. The van der Waals surface area contributed by atoms with Gasteiger partial charge in [-0.25, -0.2) is 0 Å². The fourth-order valence-corrected chi connectivity index (χ4v) is 4.21. The van der Waals surface area contributed by atoms with Gasteiger partial charge in [-0.05, 0) is 0 Å². The van der Waals surface area contributed by atoms with Gasteiger partial charge in [0.05, 0.1) is 0 Å². The Balaban J connectivity index is 1.97. The van der Waals surface area contributed by atoms with E-state index in [9.17, 15) is 16.7 Å². The van der Waals surface area contributed by atoms with Crippen LogP contribution in [0.2, 0.25) is 0 Å². The molecule has 2 aromatic heterocycles. The number of carbonyl (C=O) groups is 1. The van der Waals surface area contributed by atoms with Crippen LogP contribution in [0.4, 0.5) is 11.5 Å². The summed E-state index contributed by atoms with van der Waals surface area (Å²) in [6.45, 7) is 1.99. The van der Waals surface area contributed by atoms with Gasteiger partial charge in [0.15, 0.2) is 0 Å². The summed E-state index contributed by atoms with van der Waals surface area (Å²) in [6.07, 6.45) is 1.38. The first-order valence-corrected chi connectivity index (χ1v) is 11.5. The van der Waals surface area contributed by atoms with E-state index < -0.39 is 20.1 Å². The number of benzene rings is 1. The minimum atomic E-state index is -4.92. The van der Waals surface area contributed by atoms with Gasteiger partial charge in [0.2, 0.25) is 0 Å². The van der Waals surface area contributed by atoms with Crippen LogP contribution in [0.1, 0.15) is 17.3 Å². The molecule has 3 rings (SSSR count). The number of rotatable bonds is 5. The van der Waals surface area contributed by atoms with Crippen LogP contribution in [0.3, 0.4) is 0 Å². The summed E-state index contributed by atoms with van der Waals surface area (Å²) in [5, 5.41) is 5.27. The topological polar surface area (TPSA) is 122 Å². The molecule has 8 nitrogen and oxygen atoms in total. The van der Waals surface area contributed by atoms with E-state index in [0.717, 1.165) is 0 Å². The number of hydrogen-bond donors (Lipinski definition) is 3. The second kappa shape index (κ2) is 6.97. The van der Waals surface area contributed by atoms with Crippen molar-refractivity contribution in [1.82, 2.24) is 9.97 Å². The third-order valence-corrected chi connectivity index (χ3v) is 6.26. The van der Waals surface area contributed by atoms with Crippen LogP contribution >= 0.6 is 11.3 Å². The van der Waals surface area contributed by atoms with Gasteiger partial charge in [0.1, 0.15) is 0 Å². The van der Waals surface area contributed by atoms with E-state index >= 15 is 0 Å². The number of carbonyl (C=O) groups excluding carboxylic acids is 1. The maximum absolute atomic E-state index is 12.1. The molecule has 25 heavy (non-hydrogen) atoms. The van der Waals surface area contributed by atoms with E-state index in [2.05, 4.69) is 15.3 Å². The van der Waals surface area contributed by atoms with Crippen LogP contribution in [0.25, 0.3) is 10.2 Å². The Bertz CT molecular complexity index is 967. The number of hydrogen-bond acceptors (Lipinski definition) is 7. The molecule has 0 bridgehead atoms. The van der Waals surface area contributed by atoms with Gasteiger partial charge < -0.3 is 0 Å². The van der Waals surface area contributed by atoms with Crippen molar-refractivity contribution < 1.29 is 21.5 Å². The van der Waals surface area contributed by atoms with Crippen molar-refractivity contribution in [3.05, 3.63) is 41.5 Å². The first kappa shape index (κ1) is 17.6. The molecular weight excluding hydrogens is 409 g/mol. The van der Waals surface area contributed by atoms with Crippen LogP contribution in [-0.4, -0.2) is 44.9 Å². The molecule has 3 N–H and O–H groups in total. The van der Waals surface area contributed by atoms with Crippen molar-refractivity contribution in [3.8, 4) is 0 Å².